The van der Waals surface area contributed by atoms with Crippen molar-refractivity contribution in [3.8, 4) is 5.75 Å². The molecule has 6 nitrogen and oxygen atoms in total. The summed E-state index contributed by atoms with van der Waals surface area (Å²) in [5.41, 5.74) is 2.14. The molecule has 0 aliphatic carbocycles. The number of anilines is 1. The van der Waals surface area contributed by atoms with Gasteiger partial charge in [0.25, 0.3) is 0 Å². The number of fused-ring (bicyclic) bond motifs is 1. The van der Waals surface area contributed by atoms with Crippen LogP contribution in [0.4, 0.5) is 10.5 Å². The van der Waals surface area contributed by atoms with E-state index < -0.39 is 0 Å². The molecule has 0 saturated carbocycles. The molecule has 1 unspecified atom stereocenters. The average molecular weight is 326 g/mol. The summed E-state index contributed by atoms with van der Waals surface area (Å²) in [6, 6.07) is 8.38. The predicted octanol–water partition coefficient (Wildman–Crippen LogP) is 2.24. The van der Waals surface area contributed by atoms with Crippen LogP contribution in [0.1, 0.15) is 12.8 Å². The average Bonchev–Trinajstić information content (AvgIpc) is 3.07. The number of amides is 2. The van der Waals surface area contributed by atoms with Gasteiger partial charge in [0.15, 0.2) is 0 Å². The highest BCUT2D eigenvalue weighted by Gasteiger charge is 2.31. The number of benzene rings is 1. The zero-order chi connectivity index (χ0) is 16.5. The fourth-order valence-electron chi connectivity index (χ4n) is 3.78. The first kappa shape index (κ1) is 15.1. The van der Waals surface area contributed by atoms with Crippen molar-refractivity contribution < 1.29 is 9.53 Å². The number of methoxy groups -OCH3 is 1. The largest absolute Gasteiger partial charge is 0.497 e. The van der Waals surface area contributed by atoms with Crippen LogP contribution in [0.25, 0.3) is 10.9 Å². The van der Waals surface area contributed by atoms with Crippen molar-refractivity contribution in [2.45, 2.75) is 18.9 Å². The molecule has 2 amide bonds. The van der Waals surface area contributed by atoms with E-state index in [0.29, 0.717) is 0 Å². The molecule has 2 aromatic rings. The maximum atomic E-state index is 12.0. The van der Waals surface area contributed by atoms with Gasteiger partial charge < -0.3 is 19.9 Å². The molecule has 2 aliphatic rings. The van der Waals surface area contributed by atoms with Gasteiger partial charge in [-0.05, 0) is 37.1 Å². The van der Waals surface area contributed by atoms with Crippen molar-refractivity contribution in [2.24, 2.45) is 0 Å². The minimum atomic E-state index is 0.0723. The summed E-state index contributed by atoms with van der Waals surface area (Å²) in [7, 11) is 1.68. The third kappa shape index (κ3) is 2.62. The van der Waals surface area contributed by atoms with Crippen LogP contribution in [0, 0.1) is 0 Å². The Morgan fingerprint density at radius 2 is 2.21 bits per heavy atom. The van der Waals surface area contributed by atoms with Gasteiger partial charge in [-0.3, -0.25) is 4.98 Å². The fourth-order valence-corrected chi connectivity index (χ4v) is 3.78. The van der Waals surface area contributed by atoms with Crippen LogP contribution in [-0.4, -0.2) is 55.2 Å². The van der Waals surface area contributed by atoms with Gasteiger partial charge in [-0.2, -0.15) is 0 Å². The highest BCUT2D eigenvalue weighted by atomic mass is 16.5. The second kappa shape index (κ2) is 6.19. The van der Waals surface area contributed by atoms with Gasteiger partial charge in [-0.25, -0.2) is 4.79 Å². The highest BCUT2D eigenvalue weighted by Crippen LogP contribution is 2.31. The maximum absolute atomic E-state index is 12.0. The minimum Gasteiger partial charge on any atom is -0.497 e. The molecule has 0 spiro atoms. The van der Waals surface area contributed by atoms with Gasteiger partial charge in [-0.1, -0.05) is 0 Å². The Balaban J connectivity index is 1.65. The number of hydrogen-bond donors (Lipinski definition) is 1. The molecule has 4 rings (SSSR count). The Kier molecular flexibility index (Phi) is 3.88. The number of aromatic nitrogens is 1. The first-order valence-electron chi connectivity index (χ1n) is 8.48. The lowest BCUT2D eigenvalue weighted by Gasteiger charge is -2.38. The highest BCUT2D eigenvalue weighted by molar-refractivity contribution is 5.92. The molecule has 0 radical (unpaired) electrons. The zero-order valence-electron chi connectivity index (χ0n) is 13.9. The summed E-state index contributed by atoms with van der Waals surface area (Å²) < 4.78 is 5.37. The first-order chi connectivity index (χ1) is 11.8. The number of pyridine rings is 1. The SMILES string of the molecule is COc1ccc2nccc(N3CCCC(N4CCNC4=O)C3)c2c1. The molecule has 0 bridgehead atoms. The summed E-state index contributed by atoms with van der Waals surface area (Å²) in [5, 5.41) is 4.01. The number of nitrogens with one attached hydrogen (secondary N) is 1. The van der Waals surface area contributed by atoms with E-state index in [4.69, 9.17) is 4.74 Å². The van der Waals surface area contributed by atoms with E-state index in [1.165, 1.54) is 5.69 Å². The Hall–Kier alpha value is -2.50. The Morgan fingerprint density at radius 1 is 1.29 bits per heavy atom. The number of carbonyl (C=O) groups excluding carboxylic acids is 1. The number of piperidine rings is 1. The molecular weight excluding hydrogens is 304 g/mol. The molecule has 2 aliphatic heterocycles. The Labute approximate surface area is 141 Å². The standard InChI is InChI=1S/C18H22N4O2/c1-24-14-4-5-16-15(11-14)17(6-7-19-16)21-9-2-3-13(12-21)22-10-8-20-18(22)23/h4-7,11,13H,2-3,8-10,12H2,1H3,(H,20,23). The molecule has 1 atom stereocenters. The lowest BCUT2D eigenvalue weighted by molar-refractivity contribution is 0.189. The molecule has 1 N–H and O–H groups in total. The molecule has 1 aromatic carbocycles. The molecule has 2 saturated heterocycles. The quantitative estimate of drug-likeness (QED) is 0.940. The van der Waals surface area contributed by atoms with Crippen LogP contribution in [0.15, 0.2) is 30.5 Å². The predicted molar refractivity (Wildman–Crippen MR) is 93.6 cm³/mol. The van der Waals surface area contributed by atoms with E-state index >= 15 is 0 Å². The first-order valence-corrected chi connectivity index (χ1v) is 8.48. The summed E-state index contributed by atoms with van der Waals surface area (Å²) in [6.45, 7) is 3.43. The van der Waals surface area contributed by atoms with Crippen LogP contribution in [0.2, 0.25) is 0 Å². The number of carbonyl (C=O) groups is 1. The van der Waals surface area contributed by atoms with Crippen LogP contribution in [-0.2, 0) is 0 Å². The van der Waals surface area contributed by atoms with Crippen LogP contribution >= 0.6 is 0 Å². The third-order valence-corrected chi connectivity index (χ3v) is 4.99. The monoisotopic (exact) mass is 326 g/mol. The summed E-state index contributed by atoms with van der Waals surface area (Å²) in [5.74, 6) is 0.837. The molecule has 3 heterocycles. The van der Waals surface area contributed by atoms with Crippen LogP contribution in [0.3, 0.4) is 0 Å². The van der Waals surface area contributed by atoms with E-state index in [1.54, 1.807) is 7.11 Å². The van der Waals surface area contributed by atoms with Gasteiger partial charge >= 0.3 is 6.03 Å². The zero-order valence-corrected chi connectivity index (χ0v) is 13.9. The van der Waals surface area contributed by atoms with Crippen molar-refractivity contribution >= 4 is 22.6 Å². The number of urea groups is 1. The fraction of sp³-hybridized carbons (Fsp3) is 0.444. The molecule has 24 heavy (non-hydrogen) atoms. The normalized spacial score (nSPS) is 21.2. The smallest absolute Gasteiger partial charge is 0.317 e. The number of ether oxygens (including phenoxy) is 1. The number of rotatable bonds is 3. The molecular formula is C18H22N4O2. The molecule has 6 heteroatoms. The van der Waals surface area contributed by atoms with Crippen molar-refractivity contribution in [3.63, 3.8) is 0 Å². The molecule has 2 fully saturated rings. The Morgan fingerprint density at radius 3 is 3.00 bits per heavy atom. The van der Waals surface area contributed by atoms with E-state index in [1.807, 2.05) is 29.3 Å². The lowest BCUT2D eigenvalue weighted by atomic mass is 10.0. The van der Waals surface area contributed by atoms with E-state index in [0.717, 1.165) is 55.7 Å². The second-order valence-electron chi connectivity index (χ2n) is 6.38. The number of nitrogens with zero attached hydrogens (tertiary/aromatic N) is 3. The van der Waals surface area contributed by atoms with Crippen LogP contribution < -0.4 is 15.0 Å². The van der Waals surface area contributed by atoms with Gasteiger partial charge in [0.1, 0.15) is 5.75 Å². The van der Waals surface area contributed by atoms with Crippen molar-refractivity contribution in [2.75, 3.05) is 38.2 Å². The topological polar surface area (TPSA) is 57.7 Å². The summed E-state index contributed by atoms with van der Waals surface area (Å²) >= 11 is 0. The van der Waals surface area contributed by atoms with Crippen molar-refractivity contribution in [1.82, 2.24) is 15.2 Å². The lowest BCUT2D eigenvalue weighted by Crippen LogP contribution is -2.49. The van der Waals surface area contributed by atoms with E-state index in [9.17, 15) is 4.79 Å². The third-order valence-electron chi connectivity index (χ3n) is 4.99. The minimum absolute atomic E-state index is 0.0723. The molecule has 126 valence electrons. The van der Waals surface area contributed by atoms with Crippen molar-refractivity contribution in [3.05, 3.63) is 30.5 Å². The number of hydrogen-bond acceptors (Lipinski definition) is 4. The summed E-state index contributed by atoms with van der Waals surface area (Å²) in [4.78, 5) is 20.8. The Bertz CT molecular complexity index is 764. The van der Waals surface area contributed by atoms with E-state index in [-0.39, 0.29) is 12.1 Å². The van der Waals surface area contributed by atoms with Crippen molar-refractivity contribution in [1.29, 1.82) is 0 Å². The molecule has 1 aromatic heterocycles. The second-order valence-corrected chi connectivity index (χ2v) is 6.38. The van der Waals surface area contributed by atoms with Gasteiger partial charge in [-0.15, -0.1) is 0 Å². The van der Waals surface area contributed by atoms with Crippen LogP contribution in [0.5, 0.6) is 5.75 Å². The van der Waals surface area contributed by atoms with Gasteiger partial charge in [0, 0.05) is 43.4 Å². The van der Waals surface area contributed by atoms with Gasteiger partial charge in [0.2, 0.25) is 0 Å². The summed E-state index contributed by atoms with van der Waals surface area (Å²) in [6.07, 6.45) is 4.01. The van der Waals surface area contributed by atoms with Gasteiger partial charge in [0.05, 0.1) is 18.7 Å². The maximum Gasteiger partial charge on any atom is 0.317 e. The van der Waals surface area contributed by atoms with E-state index in [2.05, 4.69) is 21.3 Å².